The number of carbonyl (C=O) groups excluding carboxylic acids is 1. The second kappa shape index (κ2) is 6.23. The van der Waals surface area contributed by atoms with Crippen molar-refractivity contribution >= 4 is 5.91 Å². The molecule has 5 heteroatoms. The van der Waals surface area contributed by atoms with Crippen molar-refractivity contribution in [3.8, 4) is 5.75 Å². The van der Waals surface area contributed by atoms with Crippen molar-refractivity contribution in [3.05, 3.63) is 53.5 Å². The van der Waals surface area contributed by atoms with E-state index in [1.807, 2.05) is 20.2 Å². The van der Waals surface area contributed by atoms with Crippen LogP contribution in [0.1, 0.15) is 27.7 Å². The van der Waals surface area contributed by atoms with E-state index in [0.717, 1.165) is 18.8 Å². The van der Waals surface area contributed by atoms with Gasteiger partial charge in [-0.2, -0.15) is 0 Å². The first-order valence-corrected chi connectivity index (χ1v) is 7.39. The van der Waals surface area contributed by atoms with Gasteiger partial charge in [0.05, 0.1) is 18.9 Å². The molecule has 1 aliphatic heterocycles. The van der Waals surface area contributed by atoms with Crippen LogP contribution in [0.2, 0.25) is 0 Å². The number of amides is 1. The standard InChI is InChI=1S/C17H20N2O3/c1-19(2)14(11-18-17(20)16-4-3-8-21-16)12-5-6-15-13(10-12)7-9-22-15/h3-6,8,10,14H,7,9,11H2,1-2H3,(H,18,20). The molecule has 5 nitrogen and oxygen atoms in total. The van der Waals surface area contributed by atoms with Gasteiger partial charge in [-0.3, -0.25) is 4.79 Å². The molecule has 0 bridgehead atoms. The van der Waals surface area contributed by atoms with Gasteiger partial charge in [-0.1, -0.05) is 12.1 Å². The predicted molar refractivity (Wildman–Crippen MR) is 83.1 cm³/mol. The molecule has 2 heterocycles. The smallest absolute Gasteiger partial charge is 0.287 e. The molecular formula is C17H20N2O3. The Kier molecular flexibility index (Phi) is 4.15. The summed E-state index contributed by atoms with van der Waals surface area (Å²) in [6, 6.07) is 9.72. The Morgan fingerprint density at radius 2 is 2.23 bits per heavy atom. The van der Waals surface area contributed by atoms with Crippen LogP contribution >= 0.6 is 0 Å². The lowest BCUT2D eigenvalue weighted by atomic mass is 10.0. The first-order valence-electron chi connectivity index (χ1n) is 7.39. The Hall–Kier alpha value is -2.27. The Morgan fingerprint density at radius 1 is 1.36 bits per heavy atom. The van der Waals surface area contributed by atoms with Crippen molar-refractivity contribution in [1.82, 2.24) is 10.2 Å². The first-order chi connectivity index (χ1) is 10.6. The summed E-state index contributed by atoms with van der Waals surface area (Å²) >= 11 is 0. The zero-order valence-electron chi connectivity index (χ0n) is 12.8. The fourth-order valence-electron chi connectivity index (χ4n) is 2.70. The third-order valence-corrected chi connectivity index (χ3v) is 3.92. The Bertz CT molecular complexity index is 650. The van der Waals surface area contributed by atoms with E-state index in [2.05, 4.69) is 22.3 Å². The molecule has 0 saturated heterocycles. The highest BCUT2D eigenvalue weighted by Gasteiger charge is 2.20. The number of hydrogen-bond acceptors (Lipinski definition) is 4. The summed E-state index contributed by atoms with van der Waals surface area (Å²) in [6.07, 6.45) is 2.45. The monoisotopic (exact) mass is 300 g/mol. The molecule has 0 radical (unpaired) electrons. The van der Waals surface area contributed by atoms with E-state index in [9.17, 15) is 4.79 Å². The molecule has 1 atom stereocenters. The molecule has 116 valence electrons. The van der Waals surface area contributed by atoms with E-state index in [1.54, 1.807) is 12.1 Å². The van der Waals surface area contributed by atoms with E-state index in [-0.39, 0.29) is 11.9 Å². The summed E-state index contributed by atoms with van der Waals surface area (Å²) in [5.41, 5.74) is 2.41. The van der Waals surface area contributed by atoms with Gasteiger partial charge in [0.1, 0.15) is 5.75 Å². The highest BCUT2D eigenvalue weighted by molar-refractivity contribution is 5.91. The van der Waals surface area contributed by atoms with Crippen LogP contribution in [0.3, 0.4) is 0 Å². The molecule has 1 aliphatic rings. The van der Waals surface area contributed by atoms with Gasteiger partial charge in [-0.15, -0.1) is 0 Å². The van der Waals surface area contributed by atoms with Crippen LogP contribution < -0.4 is 10.1 Å². The van der Waals surface area contributed by atoms with Crippen molar-refractivity contribution in [3.63, 3.8) is 0 Å². The number of fused-ring (bicyclic) bond motifs is 1. The zero-order chi connectivity index (χ0) is 15.5. The van der Waals surface area contributed by atoms with Crippen LogP contribution in [0.25, 0.3) is 0 Å². The average Bonchev–Trinajstić information content (AvgIpc) is 3.17. The summed E-state index contributed by atoms with van der Waals surface area (Å²) < 4.78 is 10.7. The number of nitrogens with zero attached hydrogens (tertiary/aromatic N) is 1. The molecule has 1 unspecified atom stereocenters. The molecule has 1 aromatic heterocycles. The molecule has 1 aromatic carbocycles. The van der Waals surface area contributed by atoms with E-state index < -0.39 is 0 Å². The number of nitrogens with one attached hydrogen (secondary N) is 1. The quantitative estimate of drug-likeness (QED) is 0.920. The van der Waals surface area contributed by atoms with Crippen LogP contribution in [0.4, 0.5) is 0 Å². The van der Waals surface area contributed by atoms with Gasteiger partial charge < -0.3 is 19.4 Å². The van der Waals surface area contributed by atoms with E-state index in [4.69, 9.17) is 9.15 Å². The highest BCUT2D eigenvalue weighted by Crippen LogP contribution is 2.29. The Morgan fingerprint density at radius 3 is 2.95 bits per heavy atom. The fourth-order valence-corrected chi connectivity index (χ4v) is 2.70. The normalized spacial score (nSPS) is 14.5. The maximum Gasteiger partial charge on any atom is 0.287 e. The van der Waals surface area contributed by atoms with Gasteiger partial charge in [0.2, 0.25) is 0 Å². The first kappa shape index (κ1) is 14.7. The highest BCUT2D eigenvalue weighted by atomic mass is 16.5. The number of furan rings is 1. The third kappa shape index (κ3) is 2.99. The molecule has 2 aromatic rings. The molecule has 0 spiro atoms. The fraction of sp³-hybridized carbons (Fsp3) is 0.353. The lowest BCUT2D eigenvalue weighted by Crippen LogP contribution is -2.34. The van der Waals surface area contributed by atoms with Crippen molar-refractivity contribution in [2.75, 3.05) is 27.2 Å². The van der Waals surface area contributed by atoms with E-state index >= 15 is 0 Å². The van der Waals surface area contributed by atoms with Gasteiger partial charge in [0.25, 0.3) is 5.91 Å². The van der Waals surface area contributed by atoms with Gasteiger partial charge in [0.15, 0.2) is 5.76 Å². The van der Waals surface area contributed by atoms with Crippen LogP contribution in [0.15, 0.2) is 41.0 Å². The number of rotatable bonds is 5. The van der Waals surface area contributed by atoms with Gasteiger partial charge in [-0.05, 0) is 43.4 Å². The van der Waals surface area contributed by atoms with Gasteiger partial charge >= 0.3 is 0 Å². The van der Waals surface area contributed by atoms with Crippen LogP contribution in [-0.4, -0.2) is 38.1 Å². The lowest BCUT2D eigenvalue weighted by molar-refractivity contribution is 0.0914. The maximum atomic E-state index is 12.0. The van der Waals surface area contributed by atoms with Crippen molar-refractivity contribution < 1.29 is 13.9 Å². The number of benzene rings is 1. The number of likely N-dealkylation sites (N-methyl/N-ethyl adjacent to an activating group) is 1. The minimum Gasteiger partial charge on any atom is -0.493 e. The van der Waals surface area contributed by atoms with Crippen molar-refractivity contribution in [2.45, 2.75) is 12.5 Å². The van der Waals surface area contributed by atoms with Gasteiger partial charge in [0, 0.05) is 13.0 Å². The topological polar surface area (TPSA) is 54.7 Å². The second-order valence-electron chi connectivity index (χ2n) is 5.63. The number of ether oxygens (including phenoxy) is 1. The molecule has 3 rings (SSSR count). The maximum absolute atomic E-state index is 12.0. The van der Waals surface area contributed by atoms with Crippen LogP contribution in [0, 0.1) is 0 Å². The van der Waals surface area contributed by atoms with Gasteiger partial charge in [-0.25, -0.2) is 0 Å². The predicted octanol–water partition coefficient (Wildman–Crippen LogP) is 2.25. The summed E-state index contributed by atoms with van der Waals surface area (Å²) in [6.45, 7) is 1.27. The minimum absolute atomic E-state index is 0.102. The summed E-state index contributed by atoms with van der Waals surface area (Å²) in [4.78, 5) is 14.1. The largest absolute Gasteiger partial charge is 0.493 e. The Labute approximate surface area is 129 Å². The second-order valence-corrected chi connectivity index (χ2v) is 5.63. The van der Waals surface area contributed by atoms with E-state index in [1.165, 1.54) is 17.4 Å². The zero-order valence-corrected chi connectivity index (χ0v) is 12.8. The van der Waals surface area contributed by atoms with Crippen LogP contribution in [-0.2, 0) is 6.42 Å². The lowest BCUT2D eigenvalue weighted by Gasteiger charge is -2.25. The summed E-state index contributed by atoms with van der Waals surface area (Å²) in [7, 11) is 4.01. The Balaban J connectivity index is 1.71. The third-order valence-electron chi connectivity index (χ3n) is 3.92. The molecule has 0 aliphatic carbocycles. The van der Waals surface area contributed by atoms with Crippen molar-refractivity contribution in [1.29, 1.82) is 0 Å². The molecule has 0 fully saturated rings. The summed E-state index contributed by atoms with van der Waals surface area (Å²) in [5.74, 6) is 1.11. The SMILES string of the molecule is CN(C)C(CNC(=O)c1ccco1)c1ccc2c(c1)CCO2. The minimum atomic E-state index is -0.193. The molecular weight excluding hydrogens is 280 g/mol. The summed E-state index contributed by atoms with van der Waals surface area (Å²) in [5, 5.41) is 2.93. The molecule has 22 heavy (non-hydrogen) atoms. The molecule has 0 saturated carbocycles. The van der Waals surface area contributed by atoms with Crippen molar-refractivity contribution in [2.24, 2.45) is 0 Å². The molecule has 1 amide bonds. The average molecular weight is 300 g/mol. The molecule has 1 N–H and O–H groups in total. The number of carbonyl (C=O) groups is 1. The van der Waals surface area contributed by atoms with E-state index in [0.29, 0.717) is 12.3 Å². The van der Waals surface area contributed by atoms with Crippen LogP contribution in [0.5, 0.6) is 5.75 Å². The number of hydrogen-bond donors (Lipinski definition) is 1.